The van der Waals surface area contributed by atoms with E-state index in [0.717, 1.165) is 29.9 Å². The van der Waals surface area contributed by atoms with Gasteiger partial charge in [-0.15, -0.1) is 11.8 Å². The minimum Gasteiger partial charge on any atom is -0.323 e. The Morgan fingerprint density at radius 3 is 2.63 bits per heavy atom. The lowest BCUT2D eigenvalue weighted by Crippen LogP contribution is -2.46. The number of nitrogens with one attached hydrogen (secondary N) is 1. The molecule has 4 rings (SSSR count). The van der Waals surface area contributed by atoms with Crippen LogP contribution in [0.25, 0.3) is 0 Å². The summed E-state index contributed by atoms with van der Waals surface area (Å²) in [6.07, 6.45) is -1.23. The highest BCUT2D eigenvalue weighted by atomic mass is 32.2. The van der Waals surface area contributed by atoms with E-state index in [1.54, 1.807) is 0 Å². The molecule has 6 nitrogen and oxygen atoms in total. The third-order valence-electron chi connectivity index (χ3n) is 5.96. The first kappa shape index (κ1) is 21.0. The van der Waals surface area contributed by atoms with Crippen LogP contribution in [0.15, 0.2) is 23.1 Å². The van der Waals surface area contributed by atoms with Crippen molar-refractivity contribution < 1.29 is 27.6 Å². The van der Waals surface area contributed by atoms with E-state index in [0.29, 0.717) is 24.2 Å². The van der Waals surface area contributed by atoms with Gasteiger partial charge in [0.2, 0.25) is 5.91 Å². The summed E-state index contributed by atoms with van der Waals surface area (Å²) in [4.78, 5) is 41.1. The predicted octanol–water partition coefficient (Wildman–Crippen LogP) is 3.79. The lowest BCUT2D eigenvalue weighted by molar-refractivity contribution is -0.137. The van der Waals surface area contributed by atoms with Gasteiger partial charge in [-0.25, -0.2) is 4.79 Å². The summed E-state index contributed by atoms with van der Waals surface area (Å²) in [5.74, 6) is -0.982. The first-order chi connectivity index (χ1) is 14.1. The van der Waals surface area contributed by atoms with Gasteiger partial charge in [0.25, 0.3) is 5.91 Å². The van der Waals surface area contributed by atoms with Crippen molar-refractivity contribution in [2.75, 3.05) is 18.0 Å². The number of benzene rings is 1. The zero-order valence-corrected chi connectivity index (χ0v) is 17.2. The van der Waals surface area contributed by atoms with Crippen molar-refractivity contribution in [3.05, 3.63) is 23.8 Å². The first-order valence-electron chi connectivity index (χ1n) is 9.93. The molecule has 2 aliphatic heterocycles. The molecular weight excluding hydrogens is 419 g/mol. The van der Waals surface area contributed by atoms with E-state index >= 15 is 0 Å². The molecule has 10 heteroatoms. The summed E-state index contributed by atoms with van der Waals surface area (Å²) in [5, 5.41) is 2.83. The maximum atomic E-state index is 13.2. The van der Waals surface area contributed by atoms with E-state index in [4.69, 9.17) is 0 Å². The highest BCUT2D eigenvalue weighted by molar-refractivity contribution is 8.00. The monoisotopic (exact) mass is 441 g/mol. The Kier molecular flexibility index (Phi) is 5.24. The summed E-state index contributed by atoms with van der Waals surface area (Å²) in [6.45, 7) is 1.68. The molecule has 1 aromatic carbocycles. The Balaban J connectivity index is 1.61. The Labute approximate surface area is 176 Å². The number of alkyl halides is 3. The molecule has 3 aliphatic rings. The molecule has 1 spiro atoms. The van der Waals surface area contributed by atoms with Crippen LogP contribution in [0.1, 0.15) is 44.6 Å². The third-order valence-corrected chi connectivity index (χ3v) is 7.20. The number of carbonyl (C=O) groups is 3. The SMILES string of the molecule is CC1CCN(C(=O)CN2C(=O)NC3(CCCC3)C2=O)c2cc(C(F)(F)F)ccc2S1. The number of thioether (sulfide) groups is 1. The fourth-order valence-electron chi connectivity index (χ4n) is 4.33. The van der Waals surface area contributed by atoms with E-state index in [2.05, 4.69) is 5.32 Å². The Bertz CT molecular complexity index is 899. The van der Waals surface area contributed by atoms with Crippen molar-refractivity contribution >= 4 is 35.3 Å². The zero-order valence-electron chi connectivity index (χ0n) is 16.4. The molecular formula is C20H22F3N3O3S. The number of hydrogen-bond acceptors (Lipinski definition) is 4. The number of urea groups is 1. The molecule has 1 atom stereocenters. The molecule has 1 aliphatic carbocycles. The summed E-state index contributed by atoms with van der Waals surface area (Å²) in [7, 11) is 0. The molecule has 1 unspecified atom stereocenters. The molecule has 1 aromatic rings. The molecule has 1 saturated heterocycles. The topological polar surface area (TPSA) is 69.7 Å². The number of imide groups is 1. The van der Waals surface area contributed by atoms with E-state index in [9.17, 15) is 27.6 Å². The van der Waals surface area contributed by atoms with Crippen LogP contribution in [0.5, 0.6) is 0 Å². The van der Waals surface area contributed by atoms with Gasteiger partial charge in [0.15, 0.2) is 0 Å². The van der Waals surface area contributed by atoms with E-state index in [1.165, 1.54) is 22.7 Å². The average Bonchev–Trinajstić information content (AvgIpc) is 3.17. The number of rotatable bonds is 2. The molecule has 2 fully saturated rings. The summed E-state index contributed by atoms with van der Waals surface area (Å²) in [5.41, 5.74) is -1.59. The van der Waals surface area contributed by atoms with Crippen LogP contribution in [0, 0.1) is 0 Å². The van der Waals surface area contributed by atoms with Gasteiger partial charge >= 0.3 is 12.2 Å². The molecule has 0 bridgehead atoms. The number of nitrogens with zero attached hydrogens (tertiary/aromatic N) is 2. The van der Waals surface area contributed by atoms with Crippen molar-refractivity contribution in [2.24, 2.45) is 0 Å². The summed E-state index contributed by atoms with van der Waals surface area (Å²) >= 11 is 1.41. The van der Waals surface area contributed by atoms with Crippen LogP contribution in [0.4, 0.5) is 23.7 Å². The largest absolute Gasteiger partial charge is 0.416 e. The Morgan fingerprint density at radius 2 is 1.97 bits per heavy atom. The van der Waals surface area contributed by atoms with Crippen LogP contribution in [0.3, 0.4) is 0 Å². The van der Waals surface area contributed by atoms with Gasteiger partial charge in [-0.1, -0.05) is 19.8 Å². The van der Waals surface area contributed by atoms with Crippen molar-refractivity contribution in [3.63, 3.8) is 0 Å². The second kappa shape index (κ2) is 7.47. The highest BCUT2D eigenvalue weighted by Crippen LogP contribution is 2.41. The molecule has 1 saturated carbocycles. The number of hydrogen-bond donors (Lipinski definition) is 1. The van der Waals surface area contributed by atoms with Crippen LogP contribution in [-0.4, -0.2) is 46.6 Å². The van der Waals surface area contributed by atoms with Crippen LogP contribution in [-0.2, 0) is 15.8 Å². The minimum absolute atomic E-state index is 0.108. The highest BCUT2D eigenvalue weighted by Gasteiger charge is 2.53. The molecule has 30 heavy (non-hydrogen) atoms. The van der Waals surface area contributed by atoms with Gasteiger partial charge in [0, 0.05) is 16.7 Å². The van der Waals surface area contributed by atoms with Crippen molar-refractivity contribution in [3.8, 4) is 0 Å². The van der Waals surface area contributed by atoms with Crippen LogP contribution in [0.2, 0.25) is 0 Å². The number of anilines is 1. The molecule has 0 radical (unpaired) electrons. The Hall–Kier alpha value is -2.23. The third kappa shape index (κ3) is 3.66. The normalized spacial score (nSPS) is 23.5. The van der Waals surface area contributed by atoms with Gasteiger partial charge in [0.1, 0.15) is 12.1 Å². The summed E-state index contributed by atoms with van der Waals surface area (Å²) < 4.78 is 39.7. The number of amides is 4. The molecule has 162 valence electrons. The van der Waals surface area contributed by atoms with Crippen LogP contribution >= 0.6 is 11.8 Å². The second-order valence-corrected chi connectivity index (χ2v) is 9.53. The predicted molar refractivity (Wildman–Crippen MR) is 105 cm³/mol. The van der Waals surface area contributed by atoms with Gasteiger partial charge in [-0.05, 0) is 37.5 Å². The minimum atomic E-state index is -4.54. The maximum Gasteiger partial charge on any atom is 0.416 e. The zero-order chi connectivity index (χ0) is 21.7. The fraction of sp³-hybridized carbons (Fsp3) is 0.550. The first-order valence-corrected chi connectivity index (χ1v) is 10.8. The maximum absolute atomic E-state index is 13.2. The standard InChI is InChI=1S/C20H22F3N3O3S/c1-12-6-9-25(14-10-13(20(21,22)23)4-5-15(14)30-12)16(27)11-26-17(28)19(24-18(26)29)7-2-3-8-19/h4-5,10,12H,2-3,6-9,11H2,1H3,(H,24,29). The molecule has 4 amide bonds. The van der Waals surface area contributed by atoms with E-state index in [-0.39, 0.29) is 17.5 Å². The Morgan fingerprint density at radius 1 is 1.27 bits per heavy atom. The molecule has 0 aromatic heterocycles. The molecule has 1 N–H and O–H groups in total. The number of carbonyl (C=O) groups excluding carboxylic acids is 3. The molecule has 2 heterocycles. The van der Waals surface area contributed by atoms with Gasteiger partial charge < -0.3 is 10.2 Å². The van der Waals surface area contributed by atoms with Crippen molar-refractivity contribution in [1.82, 2.24) is 10.2 Å². The fourth-order valence-corrected chi connectivity index (χ4v) is 5.42. The number of halogens is 3. The van der Waals surface area contributed by atoms with Gasteiger partial charge in [-0.3, -0.25) is 14.5 Å². The quantitative estimate of drug-likeness (QED) is 0.709. The smallest absolute Gasteiger partial charge is 0.323 e. The van der Waals surface area contributed by atoms with E-state index < -0.39 is 41.7 Å². The summed E-state index contributed by atoms with van der Waals surface area (Å²) in [6, 6.07) is 2.75. The van der Waals surface area contributed by atoms with Gasteiger partial charge in [-0.2, -0.15) is 13.2 Å². The number of fused-ring (bicyclic) bond motifs is 1. The lowest BCUT2D eigenvalue weighted by Gasteiger charge is -2.26. The van der Waals surface area contributed by atoms with Gasteiger partial charge in [0.05, 0.1) is 11.3 Å². The average molecular weight is 441 g/mol. The van der Waals surface area contributed by atoms with E-state index in [1.807, 2.05) is 6.92 Å². The van der Waals surface area contributed by atoms with Crippen molar-refractivity contribution in [1.29, 1.82) is 0 Å². The van der Waals surface area contributed by atoms with Crippen molar-refractivity contribution in [2.45, 2.75) is 60.9 Å². The second-order valence-electron chi connectivity index (χ2n) is 8.05. The van der Waals surface area contributed by atoms with Crippen LogP contribution < -0.4 is 10.2 Å². The lowest BCUT2D eigenvalue weighted by atomic mass is 9.98.